The van der Waals surface area contributed by atoms with E-state index in [-0.39, 0.29) is 19.0 Å². The predicted molar refractivity (Wildman–Crippen MR) is 99.8 cm³/mol. The van der Waals surface area contributed by atoms with Gasteiger partial charge in [0.25, 0.3) is 0 Å². The summed E-state index contributed by atoms with van der Waals surface area (Å²) < 4.78 is 17.5. The van der Waals surface area contributed by atoms with Crippen LogP contribution in [-0.4, -0.2) is 22.9 Å². The monoisotopic (exact) mass is 370 g/mol. The molecule has 3 aromatic rings. The summed E-state index contributed by atoms with van der Waals surface area (Å²) in [7, 11) is 3.42. The predicted octanol–water partition coefficient (Wildman–Crippen LogP) is 2.83. The van der Waals surface area contributed by atoms with Gasteiger partial charge in [-0.3, -0.25) is 9.48 Å². The lowest BCUT2D eigenvalue weighted by atomic mass is 10.1. The van der Waals surface area contributed by atoms with E-state index in [1.807, 2.05) is 20.9 Å². The fourth-order valence-corrected chi connectivity index (χ4v) is 3.09. The highest BCUT2D eigenvalue weighted by Crippen LogP contribution is 2.23. The van der Waals surface area contributed by atoms with E-state index < -0.39 is 5.63 Å². The number of carbonyl (C=O) groups excluding carboxylic acids is 1. The lowest BCUT2D eigenvalue weighted by molar-refractivity contribution is -0.144. The quantitative estimate of drug-likeness (QED) is 0.490. The van der Waals surface area contributed by atoms with Crippen molar-refractivity contribution in [1.29, 1.82) is 0 Å². The highest BCUT2D eigenvalue weighted by Gasteiger charge is 2.13. The van der Waals surface area contributed by atoms with E-state index in [9.17, 15) is 9.59 Å². The van der Waals surface area contributed by atoms with Gasteiger partial charge in [-0.25, -0.2) is 4.79 Å². The first-order valence-electron chi connectivity index (χ1n) is 8.64. The average Bonchev–Trinajstić information content (AvgIpc) is 2.88. The van der Waals surface area contributed by atoms with Crippen LogP contribution in [0, 0.1) is 13.8 Å². The molecular formula is C20H22N2O5. The van der Waals surface area contributed by atoms with Crippen molar-refractivity contribution in [3.63, 3.8) is 0 Å². The summed E-state index contributed by atoms with van der Waals surface area (Å²) in [5.74, 6) is 0.259. The van der Waals surface area contributed by atoms with Crippen LogP contribution < -0.4 is 10.4 Å². The van der Waals surface area contributed by atoms with Crippen molar-refractivity contribution in [3.05, 3.63) is 57.2 Å². The van der Waals surface area contributed by atoms with Crippen LogP contribution in [0.5, 0.6) is 5.75 Å². The molecule has 0 spiro atoms. The van der Waals surface area contributed by atoms with Crippen molar-refractivity contribution < 1.29 is 18.7 Å². The zero-order valence-electron chi connectivity index (χ0n) is 15.9. The molecule has 0 saturated carbocycles. The maximum absolute atomic E-state index is 12.2. The summed E-state index contributed by atoms with van der Waals surface area (Å²) >= 11 is 0. The minimum Gasteiger partial charge on any atom is -0.497 e. The van der Waals surface area contributed by atoms with E-state index in [1.165, 1.54) is 13.2 Å². The van der Waals surface area contributed by atoms with Crippen LogP contribution in [0.4, 0.5) is 0 Å². The molecule has 2 heterocycles. The number of nitrogens with zero attached hydrogens (tertiary/aromatic N) is 2. The third-order valence-electron chi connectivity index (χ3n) is 4.66. The van der Waals surface area contributed by atoms with Crippen LogP contribution in [0.2, 0.25) is 0 Å². The number of hydrogen-bond donors (Lipinski definition) is 0. The Hall–Kier alpha value is -3.09. The molecule has 7 nitrogen and oxygen atoms in total. The first-order chi connectivity index (χ1) is 12.9. The van der Waals surface area contributed by atoms with Crippen molar-refractivity contribution in [1.82, 2.24) is 9.78 Å². The molecule has 7 heteroatoms. The van der Waals surface area contributed by atoms with Crippen molar-refractivity contribution >= 4 is 16.9 Å². The maximum Gasteiger partial charge on any atom is 0.336 e. The van der Waals surface area contributed by atoms with Gasteiger partial charge in [-0.2, -0.15) is 5.10 Å². The molecule has 0 radical (unpaired) electrons. The van der Waals surface area contributed by atoms with Crippen molar-refractivity contribution in [2.45, 2.75) is 33.3 Å². The minimum absolute atomic E-state index is 0.0122. The van der Waals surface area contributed by atoms with E-state index in [4.69, 9.17) is 13.9 Å². The molecule has 0 atom stereocenters. The summed E-state index contributed by atoms with van der Waals surface area (Å²) in [4.78, 5) is 23.9. The Morgan fingerprint density at radius 3 is 2.70 bits per heavy atom. The fourth-order valence-electron chi connectivity index (χ4n) is 3.09. The molecule has 0 N–H and O–H groups in total. The highest BCUT2D eigenvalue weighted by atomic mass is 16.5. The Morgan fingerprint density at radius 2 is 2.04 bits per heavy atom. The van der Waals surface area contributed by atoms with E-state index in [0.29, 0.717) is 28.7 Å². The van der Waals surface area contributed by atoms with E-state index in [0.717, 1.165) is 17.0 Å². The van der Waals surface area contributed by atoms with E-state index >= 15 is 0 Å². The number of rotatable bonds is 6. The zero-order valence-corrected chi connectivity index (χ0v) is 15.9. The highest BCUT2D eigenvalue weighted by molar-refractivity contribution is 5.81. The second kappa shape index (κ2) is 7.65. The standard InChI is InChI=1S/C20H22N2O5/c1-12-16(13(2)22(3)21-12)7-8-19(23)26-11-14-9-20(24)27-18-10-15(25-4)5-6-17(14)18/h5-6,9-10H,7-8,11H2,1-4H3. The molecule has 0 fully saturated rings. The normalized spacial score (nSPS) is 11.0. The van der Waals surface area contributed by atoms with Gasteiger partial charge in [0.15, 0.2) is 0 Å². The van der Waals surface area contributed by atoms with Gasteiger partial charge >= 0.3 is 11.6 Å². The van der Waals surface area contributed by atoms with E-state index in [2.05, 4.69) is 5.10 Å². The number of hydrogen-bond acceptors (Lipinski definition) is 6. The van der Waals surface area contributed by atoms with Crippen molar-refractivity contribution in [3.8, 4) is 5.75 Å². The number of aromatic nitrogens is 2. The third kappa shape index (κ3) is 4.02. The molecule has 0 unspecified atom stereocenters. The van der Waals surface area contributed by atoms with Gasteiger partial charge in [-0.15, -0.1) is 0 Å². The average molecular weight is 370 g/mol. The number of carbonyl (C=O) groups is 1. The number of esters is 1. The molecule has 0 aliphatic carbocycles. The fraction of sp³-hybridized carbons (Fsp3) is 0.350. The van der Waals surface area contributed by atoms with E-state index in [1.54, 1.807) is 22.9 Å². The molecule has 0 saturated heterocycles. The minimum atomic E-state index is -0.497. The summed E-state index contributed by atoms with van der Waals surface area (Å²) in [6.07, 6.45) is 0.819. The summed E-state index contributed by atoms with van der Waals surface area (Å²) in [5.41, 5.74) is 3.53. The van der Waals surface area contributed by atoms with Crippen molar-refractivity contribution in [2.75, 3.05) is 7.11 Å². The first-order valence-corrected chi connectivity index (χ1v) is 8.64. The van der Waals surface area contributed by atoms with Crippen LogP contribution in [0.15, 0.2) is 33.5 Å². The van der Waals surface area contributed by atoms with Gasteiger partial charge in [0, 0.05) is 42.2 Å². The van der Waals surface area contributed by atoms with Crippen LogP contribution in [-0.2, 0) is 29.6 Å². The number of benzene rings is 1. The lowest BCUT2D eigenvalue weighted by Crippen LogP contribution is -2.09. The number of fused-ring (bicyclic) bond motifs is 1. The van der Waals surface area contributed by atoms with Gasteiger partial charge in [-0.05, 0) is 38.0 Å². The molecule has 3 rings (SSSR count). The van der Waals surface area contributed by atoms with Gasteiger partial charge in [-0.1, -0.05) is 0 Å². The first kappa shape index (κ1) is 18.7. The molecular weight excluding hydrogens is 348 g/mol. The van der Waals surface area contributed by atoms with Crippen LogP contribution in [0.25, 0.3) is 11.0 Å². The van der Waals surface area contributed by atoms with Crippen LogP contribution in [0.1, 0.15) is 28.9 Å². The number of methoxy groups -OCH3 is 1. The lowest BCUT2D eigenvalue weighted by Gasteiger charge is -2.08. The Labute approximate surface area is 156 Å². The Balaban J connectivity index is 1.69. The topological polar surface area (TPSA) is 83.6 Å². The second-order valence-corrected chi connectivity index (χ2v) is 6.39. The Kier molecular flexibility index (Phi) is 5.30. The Morgan fingerprint density at radius 1 is 1.26 bits per heavy atom. The van der Waals surface area contributed by atoms with Gasteiger partial charge in [0.05, 0.1) is 12.8 Å². The summed E-state index contributed by atoms with van der Waals surface area (Å²) in [6, 6.07) is 6.53. The third-order valence-corrected chi connectivity index (χ3v) is 4.66. The van der Waals surface area contributed by atoms with Crippen LogP contribution in [0.3, 0.4) is 0 Å². The SMILES string of the molecule is COc1ccc2c(COC(=O)CCc3c(C)nn(C)c3C)cc(=O)oc2c1. The van der Waals surface area contributed by atoms with Crippen LogP contribution >= 0.6 is 0 Å². The molecule has 2 aromatic heterocycles. The summed E-state index contributed by atoms with van der Waals surface area (Å²) in [5, 5.41) is 5.06. The number of aryl methyl sites for hydroxylation is 2. The van der Waals surface area contributed by atoms with Gasteiger partial charge in [0.1, 0.15) is 17.9 Å². The summed E-state index contributed by atoms with van der Waals surface area (Å²) in [6.45, 7) is 3.92. The van der Waals surface area contributed by atoms with Gasteiger partial charge < -0.3 is 13.9 Å². The smallest absolute Gasteiger partial charge is 0.336 e. The molecule has 0 bridgehead atoms. The maximum atomic E-state index is 12.2. The van der Waals surface area contributed by atoms with Gasteiger partial charge in [0.2, 0.25) is 0 Å². The molecule has 1 aromatic carbocycles. The molecule has 0 amide bonds. The molecule has 142 valence electrons. The Bertz CT molecular complexity index is 1050. The molecule has 0 aliphatic heterocycles. The molecule has 27 heavy (non-hydrogen) atoms. The van der Waals surface area contributed by atoms with Crippen molar-refractivity contribution in [2.24, 2.45) is 7.05 Å². The largest absolute Gasteiger partial charge is 0.497 e. The molecule has 0 aliphatic rings. The number of ether oxygens (including phenoxy) is 2. The second-order valence-electron chi connectivity index (χ2n) is 6.39. The zero-order chi connectivity index (χ0) is 19.6.